The molecular formula is C20H23NO3. The fourth-order valence-electron chi connectivity index (χ4n) is 2.35. The van der Waals surface area contributed by atoms with Gasteiger partial charge in [-0.05, 0) is 30.0 Å². The van der Waals surface area contributed by atoms with Gasteiger partial charge in [-0.25, -0.2) is 4.79 Å². The number of nitrogens with one attached hydrogen (secondary N) is 1. The molecular weight excluding hydrogens is 302 g/mol. The Balaban J connectivity index is 1.96. The lowest BCUT2D eigenvalue weighted by Gasteiger charge is -2.10. The first-order chi connectivity index (χ1) is 11.7. The largest absolute Gasteiger partial charge is 0.452 e. The summed E-state index contributed by atoms with van der Waals surface area (Å²) in [5.41, 5.74) is 2.51. The molecule has 1 N–H and O–H groups in total. The number of esters is 1. The molecule has 24 heavy (non-hydrogen) atoms. The summed E-state index contributed by atoms with van der Waals surface area (Å²) in [6, 6.07) is 17.3. The molecule has 0 bridgehead atoms. The van der Waals surface area contributed by atoms with Gasteiger partial charge in [0.2, 0.25) is 0 Å². The molecule has 0 fully saturated rings. The summed E-state index contributed by atoms with van der Waals surface area (Å²) in [6.45, 7) is 2.41. The second-order valence-electron chi connectivity index (χ2n) is 5.60. The summed E-state index contributed by atoms with van der Waals surface area (Å²) in [4.78, 5) is 23.9. The van der Waals surface area contributed by atoms with E-state index >= 15 is 0 Å². The van der Waals surface area contributed by atoms with Crippen LogP contribution in [0.1, 0.15) is 41.3 Å². The molecule has 1 amide bonds. The van der Waals surface area contributed by atoms with E-state index < -0.39 is 5.97 Å². The molecule has 0 aliphatic rings. The molecule has 0 aliphatic heterocycles. The quantitative estimate of drug-likeness (QED) is 0.598. The number of amides is 1. The fourth-order valence-corrected chi connectivity index (χ4v) is 2.35. The number of carbonyl (C=O) groups excluding carboxylic acids is 2. The molecule has 126 valence electrons. The predicted octanol–water partition coefficient (Wildman–Crippen LogP) is 3.35. The van der Waals surface area contributed by atoms with E-state index in [1.165, 1.54) is 0 Å². The summed E-state index contributed by atoms with van der Waals surface area (Å²) in [5.74, 6) is -0.732. The summed E-state index contributed by atoms with van der Waals surface area (Å²) >= 11 is 0. The first-order valence-electron chi connectivity index (χ1n) is 8.26. The smallest absolute Gasteiger partial charge is 0.338 e. The number of benzene rings is 2. The Kier molecular flexibility index (Phi) is 7.02. The van der Waals surface area contributed by atoms with Crippen LogP contribution in [0.4, 0.5) is 0 Å². The van der Waals surface area contributed by atoms with Gasteiger partial charge < -0.3 is 10.1 Å². The minimum Gasteiger partial charge on any atom is -0.452 e. The standard InChI is InChI=1S/C20H23NO3/c1-2-3-13-21-19(22)15-24-20(23)18-12-8-7-11-17(18)14-16-9-5-4-6-10-16/h4-12H,2-3,13-15H2,1H3,(H,21,22). The molecule has 0 spiro atoms. The van der Waals surface area contributed by atoms with Gasteiger partial charge in [0.15, 0.2) is 6.61 Å². The highest BCUT2D eigenvalue weighted by Gasteiger charge is 2.14. The van der Waals surface area contributed by atoms with Gasteiger partial charge in [-0.2, -0.15) is 0 Å². The van der Waals surface area contributed by atoms with Crippen LogP contribution in [0.3, 0.4) is 0 Å². The Morgan fingerprint density at radius 2 is 1.71 bits per heavy atom. The van der Waals surface area contributed by atoms with Crippen molar-refractivity contribution in [1.29, 1.82) is 0 Å². The first-order valence-corrected chi connectivity index (χ1v) is 8.26. The monoisotopic (exact) mass is 325 g/mol. The normalized spacial score (nSPS) is 10.2. The van der Waals surface area contributed by atoms with Gasteiger partial charge in [0.25, 0.3) is 5.91 Å². The Morgan fingerprint density at radius 1 is 1.00 bits per heavy atom. The van der Waals surface area contributed by atoms with Gasteiger partial charge >= 0.3 is 5.97 Å². The van der Waals surface area contributed by atoms with Crippen molar-refractivity contribution in [1.82, 2.24) is 5.32 Å². The highest BCUT2D eigenvalue weighted by molar-refractivity contribution is 5.92. The lowest BCUT2D eigenvalue weighted by Crippen LogP contribution is -2.29. The average Bonchev–Trinajstić information content (AvgIpc) is 2.61. The van der Waals surface area contributed by atoms with Crippen molar-refractivity contribution in [2.24, 2.45) is 0 Å². The summed E-state index contributed by atoms with van der Waals surface area (Å²) in [6.07, 6.45) is 2.57. The van der Waals surface area contributed by atoms with Crippen molar-refractivity contribution < 1.29 is 14.3 Å². The van der Waals surface area contributed by atoms with Crippen LogP contribution < -0.4 is 5.32 Å². The Labute approximate surface area is 142 Å². The highest BCUT2D eigenvalue weighted by atomic mass is 16.5. The molecule has 4 heteroatoms. The van der Waals surface area contributed by atoms with E-state index in [0.717, 1.165) is 24.0 Å². The van der Waals surface area contributed by atoms with Crippen LogP contribution in [0.2, 0.25) is 0 Å². The van der Waals surface area contributed by atoms with Gasteiger partial charge in [0.05, 0.1) is 5.56 Å². The number of unbranched alkanes of at least 4 members (excludes halogenated alkanes) is 1. The van der Waals surface area contributed by atoms with E-state index in [4.69, 9.17) is 4.74 Å². The van der Waals surface area contributed by atoms with Crippen LogP contribution in [0.15, 0.2) is 54.6 Å². The van der Waals surface area contributed by atoms with Gasteiger partial charge in [0.1, 0.15) is 0 Å². The van der Waals surface area contributed by atoms with Crippen molar-refractivity contribution in [3.05, 3.63) is 71.3 Å². The number of rotatable bonds is 8. The van der Waals surface area contributed by atoms with Crippen LogP contribution in [-0.4, -0.2) is 25.0 Å². The van der Waals surface area contributed by atoms with E-state index in [1.807, 2.05) is 42.5 Å². The van der Waals surface area contributed by atoms with Crippen molar-refractivity contribution in [3.63, 3.8) is 0 Å². The van der Waals surface area contributed by atoms with E-state index in [-0.39, 0.29) is 12.5 Å². The maximum Gasteiger partial charge on any atom is 0.338 e. The SMILES string of the molecule is CCCCNC(=O)COC(=O)c1ccccc1Cc1ccccc1. The molecule has 0 atom stereocenters. The highest BCUT2D eigenvalue weighted by Crippen LogP contribution is 2.15. The number of carbonyl (C=O) groups is 2. The zero-order valence-corrected chi connectivity index (χ0v) is 14.0. The maximum absolute atomic E-state index is 12.3. The number of hydrogen-bond acceptors (Lipinski definition) is 3. The van der Waals surface area contributed by atoms with Crippen molar-refractivity contribution in [2.75, 3.05) is 13.2 Å². The zero-order valence-electron chi connectivity index (χ0n) is 14.0. The fraction of sp³-hybridized carbons (Fsp3) is 0.300. The van der Waals surface area contributed by atoms with E-state index in [1.54, 1.807) is 12.1 Å². The molecule has 0 saturated heterocycles. The molecule has 2 aromatic rings. The van der Waals surface area contributed by atoms with Gasteiger partial charge in [-0.15, -0.1) is 0 Å². The van der Waals surface area contributed by atoms with Crippen molar-refractivity contribution in [2.45, 2.75) is 26.2 Å². The van der Waals surface area contributed by atoms with Gasteiger partial charge in [0, 0.05) is 6.54 Å². The molecule has 2 rings (SSSR count). The third kappa shape index (κ3) is 5.54. The van der Waals surface area contributed by atoms with Crippen LogP contribution in [0, 0.1) is 0 Å². The number of hydrogen-bond donors (Lipinski definition) is 1. The van der Waals surface area contributed by atoms with Gasteiger partial charge in [-0.1, -0.05) is 61.9 Å². The molecule has 0 radical (unpaired) electrons. The second kappa shape index (κ2) is 9.50. The van der Waals surface area contributed by atoms with Crippen molar-refractivity contribution >= 4 is 11.9 Å². The molecule has 0 aliphatic carbocycles. The Morgan fingerprint density at radius 3 is 2.46 bits per heavy atom. The van der Waals surface area contributed by atoms with Crippen LogP contribution in [0.5, 0.6) is 0 Å². The van der Waals surface area contributed by atoms with Crippen molar-refractivity contribution in [3.8, 4) is 0 Å². The lowest BCUT2D eigenvalue weighted by atomic mass is 10.00. The van der Waals surface area contributed by atoms with E-state index in [0.29, 0.717) is 18.5 Å². The second-order valence-corrected chi connectivity index (χ2v) is 5.60. The minimum absolute atomic E-state index is 0.248. The van der Waals surface area contributed by atoms with Crippen LogP contribution >= 0.6 is 0 Å². The third-order valence-electron chi connectivity index (χ3n) is 3.66. The molecule has 0 unspecified atom stereocenters. The minimum atomic E-state index is -0.466. The summed E-state index contributed by atoms with van der Waals surface area (Å²) < 4.78 is 5.15. The maximum atomic E-state index is 12.3. The van der Waals surface area contributed by atoms with Crippen LogP contribution in [-0.2, 0) is 16.0 Å². The lowest BCUT2D eigenvalue weighted by molar-refractivity contribution is -0.124. The Bertz CT molecular complexity index is 668. The molecule has 2 aromatic carbocycles. The van der Waals surface area contributed by atoms with E-state index in [9.17, 15) is 9.59 Å². The van der Waals surface area contributed by atoms with Gasteiger partial charge in [-0.3, -0.25) is 4.79 Å². The Hall–Kier alpha value is -2.62. The summed E-state index contributed by atoms with van der Waals surface area (Å²) in [5, 5.41) is 2.73. The zero-order chi connectivity index (χ0) is 17.2. The number of ether oxygens (including phenoxy) is 1. The molecule has 4 nitrogen and oxygen atoms in total. The molecule has 0 saturated carbocycles. The topological polar surface area (TPSA) is 55.4 Å². The third-order valence-corrected chi connectivity index (χ3v) is 3.66. The molecule has 0 aromatic heterocycles. The first kappa shape index (κ1) is 17.7. The average molecular weight is 325 g/mol. The van der Waals surface area contributed by atoms with E-state index in [2.05, 4.69) is 12.2 Å². The predicted molar refractivity (Wildman–Crippen MR) is 93.9 cm³/mol. The van der Waals surface area contributed by atoms with Crippen LogP contribution in [0.25, 0.3) is 0 Å². The summed E-state index contributed by atoms with van der Waals surface area (Å²) in [7, 11) is 0. The molecule has 0 heterocycles.